The molecule has 2 N–H and O–H groups in total. The van der Waals surface area contributed by atoms with Gasteiger partial charge >= 0.3 is 0 Å². The Bertz CT molecular complexity index is 331. The predicted molar refractivity (Wildman–Crippen MR) is 57.6 cm³/mol. The van der Waals surface area contributed by atoms with E-state index in [0.717, 1.165) is 26.1 Å². The summed E-state index contributed by atoms with van der Waals surface area (Å²) in [5.41, 5.74) is 0. The normalized spacial score (nSPS) is 37.6. The molecule has 0 aromatic heterocycles. The monoisotopic (exact) mass is 223 g/mol. The summed E-state index contributed by atoms with van der Waals surface area (Å²) in [7, 11) is 0. The lowest BCUT2D eigenvalue weighted by Gasteiger charge is -2.26. The highest BCUT2D eigenvalue weighted by atomic mass is 16.2. The minimum absolute atomic E-state index is 0.0126. The summed E-state index contributed by atoms with van der Waals surface area (Å²) in [6.07, 6.45) is 2.26. The van der Waals surface area contributed by atoms with E-state index in [1.165, 1.54) is 0 Å². The average molecular weight is 223 g/mol. The molecule has 0 bridgehead atoms. The number of fused-ring (bicyclic) bond motifs is 1. The van der Waals surface area contributed by atoms with Gasteiger partial charge in [-0.05, 0) is 18.8 Å². The lowest BCUT2D eigenvalue weighted by Crippen LogP contribution is -2.48. The van der Waals surface area contributed by atoms with Gasteiger partial charge in [-0.2, -0.15) is 0 Å². The molecule has 5 heteroatoms. The summed E-state index contributed by atoms with van der Waals surface area (Å²) in [6, 6.07) is 0.108. The van der Waals surface area contributed by atoms with Crippen molar-refractivity contribution in [1.29, 1.82) is 0 Å². The standard InChI is InChI=1S/C11H17N3O2/c15-10-2-1-8(13-10)11(16)14-4-3-7-5-12-6-9(7)14/h7-9,12H,1-6H2,(H,13,15)/t7-,8-,9+/m0/s1. The van der Waals surface area contributed by atoms with Crippen LogP contribution in [0.15, 0.2) is 0 Å². The van der Waals surface area contributed by atoms with E-state index in [9.17, 15) is 9.59 Å². The van der Waals surface area contributed by atoms with Gasteiger partial charge in [0.2, 0.25) is 11.8 Å². The number of amides is 2. The molecule has 0 spiro atoms. The zero-order chi connectivity index (χ0) is 11.1. The number of hydrogen-bond donors (Lipinski definition) is 2. The first-order chi connectivity index (χ1) is 7.75. The van der Waals surface area contributed by atoms with Gasteiger partial charge in [-0.15, -0.1) is 0 Å². The van der Waals surface area contributed by atoms with E-state index < -0.39 is 0 Å². The largest absolute Gasteiger partial charge is 0.344 e. The van der Waals surface area contributed by atoms with Crippen molar-refractivity contribution < 1.29 is 9.59 Å². The van der Waals surface area contributed by atoms with Gasteiger partial charge in [0.1, 0.15) is 6.04 Å². The Morgan fingerprint density at radius 3 is 2.94 bits per heavy atom. The quantitative estimate of drug-likeness (QED) is 0.605. The topological polar surface area (TPSA) is 61.4 Å². The SMILES string of the molecule is O=C1CC[C@@H](C(=O)N2CC[C@H]3CNC[C@H]32)N1. The first kappa shape index (κ1) is 10.1. The number of nitrogens with one attached hydrogen (secondary N) is 2. The number of hydrogen-bond acceptors (Lipinski definition) is 3. The van der Waals surface area contributed by atoms with Crippen LogP contribution in [0.4, 0.5) is 0 Å². The summed E-state index contributed by atoms with van der Waals surface area (Å²) < 4.78 is 0. The molecule has 88 valence electrons. The van der Waals surface area contributed by atoms with E-state index in [1.807, 2.05) is 4.90 Å². The van der Waals surface area contributed by atoms with Gasteiger partial charge in [0.05, 0.1) is 0 Å². The summed E-state index contributed by atoms with van der Waals surface area (Å²) in [4.78, 5) is 25.3. The van der Waals surface area contributed by atoms with Gasteiger partial charge < -0.3 is 15.5 Å². The Morgan fingerprint density at radius 1 is 1.31 bits per heavy atom. The van der Waals surface area contributed by atoms with Crippen LogP contribution >= 0.6 is 0 Å². The second kappa shape index (κ2) is 3.73. The molecule has 16 heavy (non-hydrogen) atoms. The summed E-state index contributed by atoms with van der Waals surface area (Å²) >= 11 is 0. The molecule has 2 amide bonds. The van der Waals surface area contributed by atoms with Crippen molar-refractivity contribution in [3.63, 3.8) is 0 Å². The van der Waals surface area contributed by atoms with E-state index in [2.05, 4.69) is 10.6 Å². The molecule has 5 nitrogen and oxygen atoms in total. The molecule has 0 aliphatic carbocycles. The third-order valence-corrected chi connectivity index (χ3v) is 4.02. The number of rotatable bonds is 1. The lowest BCUT2D eigenvalue weighted by molar-refractivity contribution is -0.135. The fourth-order valence-electron chi connectivity index (χ4n) is 3.12. The fraction of sp³-hybridized carbons (Fsp3) is 0.818. The summed E-state index contributed by atoms with van der Waals surface area (Å²) in [6.45, 7) is 2.81. The first-order valence-corrected chi connectivity index (χ1v) is 6.06. The molecule has 0 aromatic rings. The molecule has 3 saturated heterocycles. The van der Waals surface area contributed by atoms with Gasteiger partial charge in [-0.1, -0.05) is 0 Å². The average Bonchev–Trinajstić information content (AvgIpc) is 2.90. The molecular weight excluding hydrogens is 206 g/mol. The minimum Gasteiger partial charge on any atom is -0.344 e. The molecular formula is C11H17N3O2. The van der Waals surface area contributed by atoms with Crippen LogP contribution in [-0.2, 0) is 9.59 Å². The summed E-state index contributed by atoms with van der Waals surface area (Å²) in [5, 5.41) is 6.09. The zero-order valence-corrected chi connectivity index (χ0v) is 9.24. The Labute approximate surface area is 94.6 Å². The fourth-order valence-corrected chi connectivity index (χ4v) is 3.12. The number of nitrogens with zero attached hydrogens (tertiary/aromatic N) is 1. The molecule has 3 atom stereocenters. The van der Waals surface area contributed by atoms with Crippen LogP contribution in [0.25, 0.3) is 0 Å². The van der Waals surface area contributed by atoms with Crippen molar-refractivity contribution in [2.24, 2.45) is 5.92 Å². The van der Waals surface area contributed by atoms with Crippen molar-refractivity contribution in [3.05, 3.63) is 0 Å². The van der Waals surface area contributed by atoms with Crippen LogP contribution in [-0.4, -0.2) is 48.4 Å². The highest BCUT2D eigenvalue weighted by molar-refractivity contribution is 5.91. The van der Waals surface area contributed by atoms with Gasteiger partial charge in [-0.3, -0.25) is 9.59 Å². The smallest absolute Gasteiger partial charge is 0.245 e. The maximum absolute atomic E-state index is 12.2. The van der Waals surface area contributed by atoms with Gasteiger partial charge in [-0.25, -0.2) is 0 Å². The molecule has 0 radical (unpaired) electrons. The van der Waals surface area contributed by atoms with Crippen LogP contribution < -0.4 is 10.6 Å². The molecule has 3 heterocycles. The maximum Gasteiger partial charge on any atom is 0.245 e. The van der Waals surface area contributed by atoms with E-state index >= 15 is 0 Å². The zero-order valence-electron chi connectivity index (χ0n) is 9.24. The van der Waals surface area contributed by atoms with E-state index in [1.54, 1.807) is 0 Å². The van der Waals surface area contributed by atoms with Crippen LogP contribution in [0.1, 0.15) is 19.3 Å². The Kier molecular flexibility index (Phi) is 2.35. The molecule has 3 fully saturated rings. The van der Waals surface area contributed by atoms with Gasteiger partial charge in [0, 0.05) is 32.1 Å². The van der Waals surface area contributed by atoms with Crippen LogP contribution in [0, 0.1) is 5.92 Å². The van der Waals surface area contributed by atoms with E-state index in [0.29, 0.717) is 24.8 Å². The number of likely N-dealkylation sites (tertiary alicyclic amines) is 1. The van der Waals surface area contributed by atoms with Crippen molar-refractivity contribution >= 4 is 11.8 Å². The Morgan fingerprint density at radius 2 is 2.19 bits per heavy atom. The maximum atomic E-state index is 12.2. The lowest BCUT2D eigenvalue weighted by atomic mass is 10.0. The molecule has 3 aliphatic heterocycles. The molecule has 3 rings (SSSR count). The molecule has 3 aliphatic rings. The Hall–Kier alpha value is -1.10. The van der Waals surface area contributed by atoms with Crippen molar-refractivity contribution in [2.45, 2.75) is 31.3 Å². The molecule has 0 saturated carbocycles. The second-order valence-electron chi connectivity index (χ2n) is 4.96. The van der Waals surface area contributed by atoms with Gasteiger partial charge in [0.25, 0.3) is 0 Å². The predicted octanol–water partition coefficient (Wildman–Crippen LogP) is -0.915. The third-order valence-electron chi connectivity index (χ3n) is 4.02. The third kappa shape index (κ3) is 1.50. The van der Waals surface area contributed by atoms with Crippen LogP contribution in [0.2, 0.25) is 0 Å². The van der Waals surface area contributed by atoms with E-state index in [4.69, 9.17) is 0 Å². The van der Waals surface area contributed by atoms with Gasteiger partial charge in [0.15, 0.2) is 0 Å². The molecule has 0 aromatic carbocycles. The number of carbonyl (C=O) groups is 2. The second-order valence-corrected chi connectivity index (χ2v) is 4.96. The summed E-state index contributed by atoms with van der Waals surface area (Å²) in [5.74, 6) is 0.766. The highest BCUT2D eigenvalue weighted by Crippen LogP contribution is 2.28. The number of carbonyl (C=O) groups excluding carboxylic acids is 2. The highest BCUT2D eigenvalue weighted by Gasteiger charge is 2.42. The Balaban J connectivity index is 1.68. The van der Waals surface area contributed by atoms with E-state index in [-0.39, 0.29) is 17.9 Å². The van der Waals surface area contributed by atoms with Crippen molar-refractivity contribution in [1.82, 2.24) is 15.5 Å². The van der Waals surface area contributed by atoms with Crippen molar-refractivity contribution in [2.75, 3.05) is 19.6 Å². The first-order valence-electron chi connectivity index (χ1n) is 6.06. The minimum atomic E-state index is -0.258. The van der Waals surface area contributed by atoms with Crippen LogP contribution in [0.3, 0.4) is 0 Å². The van der Waals surface area contributed by atoms with Crippen molar-refractivity contribution in [3.8, 4) is 0 Å². The molecule has 0 unspecified atom stereocenters. The van der Waals surface area contributed by atoms with Crippen LogP contribution in [0.5, 0.6) is 0 Å².